The van der Waals surface area contributed by atoms with E-state index in [-0.39, 0.29) is 5.57 Å². The third-order valence-electron chi connectivity index (χ3n) is 1.98. The van der Waals surface area contributed by atoms with Gasteiger partial charge in [0, 0.05) is 0 Å². The number of carboxylic acid groups (broad SMARTS) is 1. The number of hydrogen-bond donors (Lipinski definition) is 2. The first-order valence-electron chi connectivity index (χ1n) is 3.47. The van der Waals surface area contributed by atoms with Gasteiger partial charge in [0.25, 0.3) is 0 Å². The second-order valence-electron chi connectivity index (χ2n) is 2.73. The normalized spacial score (nSPS) is 34.6. The van der Waals surface area contributed by atoms with Crippen LogP contribution < -0.4 is 5.11 Å². The Morgan fingerprint density at radius 3 is 2.67 bits per heavy atom. The van der Waals surface area contributed by atoms with Crippen molar-refractivity contribution in [2.24, 2.45) is 0 Å². The van der Waals surface area contributed by atoms with Crippen molar-refractivity contribution in [2.45, 2.75) is 18.6 Å². The van der Waals surface area contributed by atoms with Gasteiger partial charge in [0.05, 0.1) is 5.97 Å². The standard InChI is InChI=1S/C8H10O4/c1-5-3-2-4-6(9)8(5,12)7(10)11/h2-4,6,9,12H,1H3,(H,10,11)/p-1/t6-,8+/m0/s1. The Kier molecular flexibility index (Phi) is 2.04. The van der Waals surface area contributed by atoms with Gasteiger partial charge in [0.15, 0.2) is 5.60 Å². The van der Waals surface area contributed by atoms with Crippen LogP contribution in [0.2, 0.25) is 0 Å². The van der Waals surface area contributed by atoms with Gasteiger partial charge in [-0.3, -0.25) is 0 Å². The molecule has 4 heteroatoms. The molecule has 0 bridgehead atoms. The van der Waals surface area contributed by atoms with Crippen LogP contribution in [-0.4, -0.2) is 27.9 Å². The molecule has 0 fully saturated rings. The zero-order chi connectivity index (χ0) is 9.35. The van der Waals surface area contributed by atoms with Crippen molar-refractivity contribution in [1.29, 1.82) is 0 Å². The maximum absolute atomic E-state index is 10.5. The Bertz CT molecular complexity index is 266. The number of rotatable bonds is 1. The lowest BCUT2D eigenvalue weighted by Gasteiger charge is -2.34. The van der Waals surface area contributed by atoms with Crippen LogP contribution in [0, 0.1) is 0 Å². The average Bonchev–Trinajstić information content (AvgIpc) is 1.99. The first-order valence-corrected chi connectivity index (χ1v) is 3.47. The maximum Gasteiger partial charge on any atom is 0.154 e. The molecule has 2 atom stereocenters. The highest BCUT2D eigenvalue weighted by Crippen LogP contribution is 2.24. The van der Waals surface area contributed by atoms with Crippen LogP contribution in [0.1, 0.15) is 6.92 Å². The fraction of sp³-hybridized carbons (Fsp3) is 0.375. The highest BCUT2D eigenvalue weighted by Gasteiger charge is 2.38. The van der Waals surface area contributed by atoms with Crippen molar-refractivity contribution < 1.29 is 20.1 Å². The summed E-state index contributed by atoms with van der Waals surface area (Å²) in [6.45, 7) is 1.42. The number of hydrogen-bond acceptors (Lipinski definition) is 4. The van der Waals surface area contributed by atoms with E-state index < -0.39 is 17.7 Å². The summed E-state index contributed by atoms with van der Waals surface area (Å²) in [4.78, 5) is 10.5. The van der Waals surface area contributed by atoms with Gasteiger partial charge >= 0.3 is 0 Å². The Labute approximate surface area is 69.5 Å². The topological polar surface area (TPSA) is 80.6 Å². The molecule has 0 saturated carbocycles. The molecule has 0 aliphatic heterocycles. The van der Waals surface area contributed by atoms with E-state index >= 15 is 0 Å². The molecule has 1 aliphatic rings. The Morgan fingerprint density at radius 1 is 1.75 bits per heavy atom. The molecule has 0 aromatic heterocycles. The molecule has 0 unspecified atom stereocenters. The summed E-state index contributed by atoms with van der Waals surface area (Å²) in [6, 6.07) is 0. The largest absolute Gasteiger partial charge is 0.547 e. The van der Waals surface area contributed by atoms with Crippen LogP contribution in [0.15, 0.2) is 23.8 Å². The third kappa shape index (κ3) is 1.05. The quantitative estimate of drug-likeness (QED) is 0.492. The van der Waals surface area contributed by atoms with E-state index in [1.54, 1.807) is 0 Å². The highest BCUT2D eigenvalue weighted by molar-refractivity contribution is 5.81. The minimum atomic E-state index is -2.27. The Balaban J connectivity index is 3.10. The van der Waals surface area contributed by atoms with Crippen molar-refractivity contribution in [2.75, 3.05) is 0 Å². The van der Waals surface area contributed by atoms with Crippen molar-refractivity contribution in [3.8, 4) is 0 Å². The van der Waals surface area contributed by atoms with Crippen LogP contribution in [0.25, 0.3) is 0 Å². The second kappa shape index (κ2) is 2.73. The molecule has 12 heavy (non-hydrogen) atoms. The number of aliphatic carboxylic acids is 1. The summed E-state index contributed by atoms with van der Waals surface area (Å²) in [7, 11) is 0. The molecule has 0 spiro atoms. The first kappa shape index (κ1) is 8.96. The Hall–Kier alpha value is -1.13. The minimum absolute atomic E-state index is 0.164. The van der Waals surface area contributed by atoms with Crippen molar-refractivity contribution in [3.05, 3.63) is 23.8 Å². The van der Waals surface area contributed by atoms with E-state index in [1.165, 1.54) is 25.2 Å². The number of carboxylic acids is 1. The first-order chi connectivity index (χ1) is 5.49. The summed E-state index contributed by atoms with van der Waals surface area (Å²) in [5, 5.41) is 29.1. The van der Waals surface area contributed by atoms with Gasteiger partial charge in [-0.2, -0.15) is 0 Å². The summed E-state index contributed by atoms with van der Waals surface area (Å²) < 4.78 is 0. The molecule has 0 aromatic rings. The predicted octanol–water partition coefficient (Wildman–Crippen LogP) is -1.66. The van der Waals surface area contributed by atoms with E-state index in [4.69, 9.17) is 0 Å². The molecule has 0 radical (unpaired) electrons. The van der Waals surface area contributed by atoms with Crippen LogP contribution in [0.5, 0.6) is 0 Å². The number of allylic oxidation sites excluding steroid dienone is 2. The van der Waals surface area contributed by atoms with Gasteiger partial charge in [0.1, 0.15) is 6.10 Å². The van der Waals surface area contributed by atoms with E-state index in [9.17, 15) is 20.1 Å². The lowest BCUT2D eigenvalue weighted by Crippen LogP contribution is -2.57. The zero-order valence-electron chi connectivity index (χ0n) is 6.52. The third-order valence-corrected chi connectivity index (χ3v) is 1.98. The summed E-state index contributed by atoms with van der Waals surface area (Å²) in [5.74, 6) is -1.69. The molecule has 0 heterocycles. The molecule has 66 valence electrons. The SMILES string of the molecule is CC1=CC=C[C@H](O)[C@@]1(O)C(=O)[O-]. The number of aliphatic hydroxyl groups is 2. The van der Waals surface area contributed by atoms with Gasteiger partial charge in [-0.1, -0.05) is 18.2 Å². The highest BCUT2D eigenvalue weighted by atomic mass is 16.4. The van der Waals surface area contributed by atoms with Crippen molar-refractivity contribution >= 4 is 5.97 Å². The van der Waals surface area contributed by atoms with Crippen LogP contribution in [0.3, 0.4) is 0 Å². The molecule has 1 rings (SSSR count). The maximum atomic E-state index is 10.5. The lowest BCUT2D eigenvalue weighted by atomic mass is 9.85. The van der Waals surface area contributed by atoms with E-state index in [0.717, 1.165) is 0 Å². The summed E-state index contributed by atoms with van der Waals surface area (Å²) in [5.41, 5.74) is -2.10. The molecular weight excluding hydrogens is 160 g/mol. The van der Waals surface area contributed by atoms with E-state index in [0.29, 0.717) is 0 Å². The lowest BCUT2D eigenvalue weighted by molar-refractivity contribution is -0.325. The molecule has 1 aliphatic carbocycles. The smallest absolute Gasteiger partial charge is 0.154 e. The molecule has 4 nitrogen and oxygen atoms in total. The van der Waals surface area contributed by atoms with Gasteiger partial charge in [-0.05, 0) is 12.5 Å². The van der Waals surface area contributed by atoms with Gasteiger partial charge in [-0.25, -0.2) is 0 Å². The fourth-order valence-corrected chi connectivity index (χ4v) is 1.09. The van der Waals surface area contributed by atoms with Crippen LogP contribution in [-0.2, 0) is 4.79 Å². The number of carbonyl (C=O) groups excluding carboxylic acids is 1. The molecular formula is C8H9O4-. The van der Waals surface area contributed by atoms with Gasteiger partial charge in [0.2, 0.25) is 0 Å². The van der Waals surface area contributed by atoms with Gasteiger partial charge in [-0.15, -0.1) is 0 Å². The molecule has 2 N–H and O–H groups in total. The molecule has 0 aromatic carbocycles. The fourth-order valence-electron chi connectivity index (χ4n) is 1.09. The van der Waals surface area contributed by atoms with Gasteiger partial charge < -0.3 is 20.1 Å². The average molecular weight is 169 g/mol. The van der Waals surface area contributed by atoms with Crippen LogP contribution >= 0.6 is 0 Å². The van der Waals surface area contributed by atoms with Crippen molar-refractivity contribution in [3.63, 3.8) is 0 Å². The molecule has 0 saturated heterocycles. The zero-order valence-corrected chi connectivity index (χ0v) is 6.52. The van der Waals surface area contributed by atoms with E-state index in [1.807, 2.05) is 0 Å². The van der Waals surface area contributed by atoms with Crippen LogP contribution in [0.4, 0.5) is 0 Å². The number of carbonyl (C=O) groups is 1. The summed E-state index contributed by atoms with van der Waals surface area (Å²) in [6.07, 6.45) is 2.66. The number of aliphatic hydroxyl groups excluding tert-OH is 1. The monoisotopic (exact) mass is 169 g/mol. The predicted molar refractivity (Wildman–Crippen MR) is 38.9 cm³/mol. The summed E-state index contributed by atoms with van der Waals surface area (Å²) >= 11 is 0. The van der Waals surface area contributed by atoms with E-state index in [2.05, 4.69) is 0 Å². The molecule has 0 amide bonds. The minimum Gasteiger partial charge on any atom is -0.547 e. The Morgan fingerprint density at radius 2 is 2.33 bits per heavy atom. The second-order valence-corrected chi connectivity index (χ2v) is 2.73. The van der Waals surface area contributed by atoms with Crippen molar-refractivity contribution in [1.82, 2.24) is 0 Å².